The molecule has 154 valence electrons. The normalized spacial score (nSPS) is 16.6. The average molecular weight is 396 g/mol. The van der Waals surface area contributed by atoms with Gasteiger partial charge in [-0.15, -0.1) is 0 Å². The number of nitrogens with zero attached hydrogens (tertiary/aromatic N) is 4. The number of imidazole rings is 1. The summed E-state index contributed by atoms with van der Waals surface area (Å²) >= 11 is 0. The lowest BCUT2D eigenvalue weighted by atomic mass is 10.1. The van der Waals surface area contributed by atoms with Gasteiger partial charge < -0.3 is 16.4 Å². The SMILES string of the molecule is CCCCNc1ncc2c(n1)n(Cc1ccc(CN)cc1)c(=O)n2C1CCNC1. The third-order valence-electron chi connectivity index (χ3n) is 5.51. The van der Waals surface area contributed by atoms with Crippen molar-refractivity contribution in [1.29, 1.82) is 0 Å². The van der Waals surface area contributed by atoms with E-state index in [0.717, 1.165) is 55.5 Å². The predicted molar refractivity (Wildman–Crippen MR) is 115 cm³/mol. The van der Waals surface area contributed by atoms with Crippen LogP contribution in [0.5, 0.6) is 0 Å². The van der Waals surface area contributed by atoms with Crippen LogP contribution in [0.1, 0.15) is 43.4 Å². The summed E-state index contributed by atoms with van der Waals surface area (Å²) in [7, 11) is 0. The topological polar surface area (TPSA) is 103 Å². The first-order chi connectivity index (χ1) is 14.2. The van der Waals surface area contributed by atoms with E-state index in [0.29, 0.717) is 24.7 Å². The van der Waals surface area contributed by atoms with Crippen LogP contribution in [-0.2, 0) is 13.1 Å². The Hall–Kier alpha value is -2.71. The van der Waals surface area contributed by atoms with Gasteiger partial charge in [0.25, 0.3) is 0 Å². The van der Waals surface area contributed by atoms with Crippen LogP contribution in [0.2, 0.25) is 0 Å². The third-order valence-corrected chi connectivity index (χ3v) is 5.51. The zero-order chi connectivity index (χ0) is 20.2. The highest BCUT2D eigenvalue weighted by atomic mass is 16.1. The lowest BCUT2D eigenvalue weighted by molar-refractivity contribution is 0.530. The minimum absolute atomic E-state index is 0.0309. The standard InChI is InChI=1S/C21H29N7O/c1-2-3-9-24-20-25-13-18-19(26-20)27(14-16-6-4-15(11-22)5-7-16)21(29)28(18)17-8-10-23-12-17/h4-7,13,17,23H,2-3,8-12,14,22H2,1H3,(H,24,25,26). The molecule has 8 nitrogen and oxygen atoms in total. The Bertz CT molecular complexity index is 1020. The lowest BCUT2D eigenvalue weighted by Crippen LogP contribution is -2.29. The van der Waals surface area contributed by atoms with Crippen molar-refractivity contribution < 1.29 is 0 Å². The first kappa shape index (κ1) is 19.6. The molecule has 1 unspecified atom stereocenters. The van der Waals surface area contributed by atoms with Crippen molar-refractivity contribution in [2.45, 2.75) is 45.3 Å². The van der Waals surface area contributed by atoms with Crippen molar-refractivity contribution in [3.8, 4) is 0 Å². The fraction of sp³-hybridized carbons (Fsp3) is 0.476. The Morgan fingerprint density at radius 1 is 1.28 bits per heavy atom. The van der Waals surface area contributed by atoms with Crippen molar-refractivity contribution in [2.24, 2.45) is 5.73 Å². The van der Waals surface area contributed by atoms with E-state index < -0.39 is 0 Å². The summed E-state index contributed by atoms with van der Waals surface area (Å²) in [6.45, 7) is 5.66. The van der Waals surface area contributed by atoms with Crippen molar-refractivity contribution >= 4 is 17.1 Å². The highest BCUT2D eigenvalue weighted by molar-refractivity contribution is 5.72. The number of rotatable bonds is 8. The summed E-state index contributed by atoms with van der Waals surface area (Å²) in [5.74, 6) is 0.569. The Morgan fingerprint density at radius 2 is 2.07 bits per heavy atom. The van der Waals surface area contributed by atoms with Gasteiger partial charge in [0.2, 0.25) is 5.95 Å². The second-order valence-electron chi connectivity index (χ2n) is 7.59. The molecule has 3 heterocycles. The van der Waals surface area contributed by atoms with E-state index in [2.05, 4.69) is 22.5 Å². The van der Waals surface area contributed by atoms with Crippen LogP contribution in [0.4, 0.5) is 5.95 Å². The van der Waals surface area contributed by atoms with E-state index in [-0.39, 0.29) is 11.7 Å². The Morgan fingerprint density at radius 3 is 2.76 bits per heavy atom. The summed E-state index contributed by atoms with van der Waals surface area (Å²) in [5, 5.41) is 6.62. The van der Waals surface area contributed by atoms with Crippen LogP contribution >= 0.6 is 0 Å². The first-order valence-electron chi connectivity index (χ1n) is 10.4. The number of aromatic nitrogens is 4. The zero-order valence-electron chi connectivity index (χ0n) is 16.9. The summed E-state index contributed by atoms with van der Waals surface area (Å²) in [4.78, 5) is 22.5. The van der Waals surface area contributed by atoms with Gasteiger partial charge in [-0.05, 0) is 30.5 Å². The highest BCUT2D eigenvalue weighted by Gasteiger charge is 2.24. The van der Waals surface area contributed by atoms with E-state index >= 15 is 0 Å². The molecule has 1 aliphatic rings. The van der Waals surface area contributed by atoms with Crippen LogP contribution in [0.3, 0.4) is 0 Å². The highest BCUT2D eigenvalue weighted by Crippen LogP contribution is 2.21. The van der Waals surface area contributed by atoms with Crippen LogP contribution in [0, 0.1) is 0 Å². The molecule has 0 aliphatic carbocycles. The fourth-order valence-corrected chi connectivity index (χ4v) is 3.84. The smallest absolute Gasteiger partial charge is 0.330 e. The molecule has 1 aromatic carbocycles. The number of hydrogen-bond acceptors (Lipinski definition) is 6. The van der Waals surface area contributed by atoms with Crippen molar-refractivity contribution in [3.63, 3.8) is 0 Å². The van der Waals surface area contributed by atoms with E-state index in [1.807, 2.05) is 28.8 Å². The third kappa shape index (κ3) is 4.04. The van der Waals surface area contributed by atoms with E-state index in [1.165, 1.54) is 0 Å². The molecule has 4 N–H and O–H groups in total. The molecule has 1 atom stereocenters. The van der Waals surface area contributed by atoms with Crippen molar-refractivity contribution in [2.75, 3.05) is 25.0 Å². The maximum absolute atomic E-state index is 13.4. The first-order valence-corrected chi connectivity index (χ1v) is 10.4. The van der Waals surface area contributed by atoms with Crippen molar-refractivity contribution in [1.82, 2.24) is 24.4 Å². The van der Waals surface area contributed by atoms with Gasteiger partial charge in [-0.1, -0.05) is 37.6 Å². The number of benzene rings is 1. The Labute approximate surface area is 170 Å². The van der Waals surface area contributed by atoms with Gasteiger partial charge in [0.1, 0.15) is 5.52 Å². The Balaban J connectivity index is 1.75. The van der Waals surface area contributed by atoms with Gasteiger partial charge in [0.05, 0.1) is 18.8 Å². The molecule has 0 amide bonds. The minimum Gasteiger partial charge on any atom is -0.354 e. The molecule has 0 bridgehead atoms. The molecule has 4 rings (SSSR count). The Kier molecular flexibility index (Phi) is 5.92. The monoisotopic (exact) mass is 395 g/mol. The van der Waals surface area contributed by atoms with Crippen molar-refractivity contribution in [3.05, 3.63) is 52.1 Å². The number of nitrogens with one attached hydrogen (secondary N) is 2. The molecule has 0 spiro atoms. The van der Waals surface area contributed by atoms with Crippen LogP contribution < -0.4 is 22.1 Å². The number of hydrogen-bond donors (Lipinski definition) is 3. The molecular formula is C21H29N7O. The number of unbranched alkanes of at least 4 members (excludes halogenated alkanes) is 1. The van der Waals surface area contributed by atoms with Gasteiger partial charge in [0.15, 0.2) is 5.65 Å². The van der Waals surface area contributed by atoms with Gasteiger partial charge >= 0.3 is 5.69 Å². The molecule has 1 saturated heterocycles. The molecule has 3 aromatic rings. The molecule has 2 aromatic heterocycles. The molecule has 0 saturated carbocycles. The van der Waals surface area contributed by atoms with E-state index in [4.69, 9.17) is 10.7 Å². The predicted octanol–water partition coefficient (Wildman–Crippen LogP) is 1.85. The summed E-state index contributed by atoms with van der Waals surface area (Å²) in [6.07, 6.45) is 4.87. The molecule has 0 radical (unpaired) electrons. The summed E-state index contributed by atoms with van der Waals surface area (Å²) < 4.78 is 3.62. The largest absolute Gasteiger partial charge is 0.354 e. The second kappa shape index (κ2) is 8.75. The van der Waals surface area contributed by atoms with Crippen LogP contribution in [0.15, 0.2) is 35.3 Å². The second-order valence-corrected chi connectivity index (χ2v) is 7.59. The van der Waals surface area contributed by atoms with E-state index in [9.17, 15) is 4.79 Å². The molecule has 8 heteroatoms. The minimum atomic E-state index is -0.0309. The lowest BCUT2D eigenvalue weighted by Gasteiger charge is -2.10. The quantitative estimate of drug-likeness (QED) is 0.503. The molecule has 1 aliphatic heterocycles. The summed E-state index contributed by atoms with van der Waals surface area (Å²) in [5.41, 5.74) is 9.27. The fourth-order valence-electron chi connectivity index (χ4n) is 3.84. The number of fused-ring (bicyclic) bond motifs is 1. The number of nitrogens with two attached hydrogens (primary N) is 1. The molecule has 29 heavy (non-hydrogen) atoms. The average Bonchev–Trinajstić information content (AvgIpc) is 3.36. The van der Waals surface area contributed by atoms with Gasteiger partial charge in [-0.25, -0.2) is 9.78 Å². The maximum atomic E-state index is 13.4. The molecule has 1 fully saturated rings. The van der Waals surface area contributed by atoms with Gasteiger partial charge in [-0.3, -0.25) is 9.13 Å². The van der Waals surface area contributed by atoms with Crippen LogP contribution in [0.25, 0.3) is 11.2 Å². The molecular weight excluding hydrogens is 366 g/mol. The summed E-state index contributed by atoms with van der Waals surface area (Å²) in [6, 6.07) is 8.20. The van der Waals surface area contributed by atoms with E-state index in [1.54, 1.807) is 10.8 Å². The number of anilines is 1. The zero-order valence-corrected chi connectivity index (χ0v) is 16.9. The van der Waals surface area contributed by atoms with Gasteiger partial charge in [0, 0.05) is 19.6 Å². The maximum Gasteiger partial charge on any atom is 0.330 e. The van der Waals surface area contributed by atoms with Gasteiger partial charge in [-0.2, -0.15) is 4.98 Å². The van der Waals surface area contributed by atoms with Crippen LogP contribution in [-0.4, -0.2) is 38.7 Å².